The van der Waals surface area contributed by atoms with Crippen molar-refractivity contribution in [2.24, 2.45) is 29.6 Å². The van der Waals surface area contributed by atoms with Crippen LogP contribution < -0.4 is 29.1 Å². The molecule has 1 N–H and O–H groups in total. The zero-order chi connectivity index (χ0) is 44.7. The van der Waals surface area contributed by atoms with E-state index in [0.717, 1.165) is 34.1 Å². The van der Waals surface area contributed by atoms with E-state index in [-0.39, 0.29) is 41.3 Å². The molecule has 0 unspecified atom stereocenters. The van der Waals surface area contributed by atoms with Crippen molar-refractivity contribution in [1.29, 1.82) is 0 Å². The second-order valence-corrected chi connectivity index (χ2v) is 15.3. The Hall–Kier alpha value is -7.72. The second-order valence-electron chi connectivity index (χ2n) is 15.3. The lowest BCUT2D eigenvalue weighted by molar-refractivity contribution is -0.392. The van der Waals surface area contributed by atoms with Crippen LogP contribution in [0.2, 0.25) is 0 Å². The first-order chi connectivity index (χ1) is 28.7. The maximum atomic E-state index is 14.8. The van der Waals surface area contributed by atoms with Gasteiger partial charge in [0, 0.05) is 58.4 Å². The predicted octanol–water partition coefficient (Wildman–Crippen LogP) is 4.22. The molecule has 2 aliphatic carbocycles. The number of phenolic OH excluding ortho intramolecular Hbond substituents is 1. The number of ether oxygens (including phenoxy) is 2. The molecule has 2 heterocycles. The molecule has 61 heavy (non-hydrogen) atoms. The summed E-state index contributed by atoms with van der Waals surface area (Å²) in [6.45, 7) is 0. The van der Waals surface area contributed by atoms with Gasteiger partial charge in [-0.25, -0.2) is 9.80 Å². The summed E-state index contributed by atoms with van der Waals surface area (Å²) in [6, 6.07) is 6.36. The number of carbonyl (C=O) groups excluding carboxylic acids is 4. The van der Waals surface area contributed by atoms with Crippen LogP contribution in [0.4, 0.5) is 45.5 Å². The molecule has 1 saturated carbocycles. The molecule has 7 rings (SSSR count). The van der Waals surface area contributed by atoms with E-state index in [1.54, 1.807) is 6.08 Å². The number of methoxy groups -OCH3 is 2. The molecule has 4 aliphatic rings. The first-order valence-corrected chi connectivity index (χ1v) is 18.4. The molecule has 0 spiro atoms. The average molecular weight is 845 g/mol. The van der Waals surface area contributed by atoms with Crippen LogP contribution in [-0.2, 0) is 19.2 Å². The van der Waals surface area contributed by atoms with Crippen LogP contribution in [0.3, 0.4) is 0 Å². The van der Waals surface area contributed by atoms with Crippen molar-refractivity contribution in [3.8, 4) is 17.2 Å². The summed E-state index contributed by atoms with van der Waals surface area (Å²) in [4.78, 5) is 107. The van der Waals surface area contributed by atoms with Crippen LogP contribution in [0.1, 0.15) is 24.3 Å². The molecular formula is C38H36N8O15. The van der Waals surface area contributed by atoms with Crippen LogP contribution >= 0.6 is 0 Å². The van der Waals surface area contributed by atoms with Gasteiger partial charge in [-0.2, -0.15) is 0 Å². The normalized spacial score (nSPS) is 22.9. The summed E-state index contributed by atoms with van der Waals surface area (Å²) in [6.07, 6.45) is 1.30. The first kappa shape index (κ1) is 41.4. The largest absolute Gasteiger partial charge is 0.502 e. The number of hydrogen-bond acceptors (Lipinski definition) is 17. The summed E-state index contributed by atoms with van der Waals surface area (Å²) in [5.41, 5.74) is -3.96. The number of rotatable bonds is 11. The third kappa shape index (κ3) is 6.26. The van der Waals surface area contributed by atoms with Gasteiger partial charge in [-0.1, -0.05) is 11.6 Å². The number of imide groups is 2. The molecule has 23 heteroatoms. The van der Waals surface area contributed by atoms with E-state index in [9.17, 15) is 64.7 Å². The zero-order valence-electron chi connectivity index (χ0n) is 33.2. The fourth-order valence-corrected chi connectivity index (χ4v) is 9.48. The molecule has 3 aromatic carbocycles. The number of benzene rings is 3. The van der Waals surface area contributed by atoms with Gasteiger partial charge in [0.05, 0.1) is 69.0 Å². The molecular weight excluding hydrogens is 808 g/mol. The molecule has 23 nitrogen and oxygen atoms in total. The van der Waals surface area contributed by atoms with Gasteiger partial charge in [0.25, 0.3) is 0 Å². The van der Waals surface area contributed by atoms with Gasteiger partial charge in [0.1, 0.15) is 0 Å². The number of nitrogens with zero attached hydrogens (tertiary/aromatic N) is 8. The molecule has 3 aromatic rings. The maximum absolute atomic E-state index is 14.8. The number of phenols is 1. The minimum atomic E-state index is -1.30. The van der Waals surface area contributed by atoms with Gasteiger partial charge in [-0.15, -0.1) is 0 Å². The molecule has 2 saturated heterocycles. The van der Waals surface area contributed by atoms with Gasteiger partial charge in [0.15, 0.2) is 22.9 Å². The Morgan fingerprint density at radius 2 is 1.00 bits per heavy atom. The van der Waals surface area contributed by atoms with Crippen LogP contribution in [0, 0.1) is 70.0 Å². The van der Waals surface area contributed by atoms with Gasteiger partial charge in [-0.3, -0.25) is 59.6 Å². The lowest BCUT2D eigenvalue weighted by atomic mass is 9.57. The molecule has 4 amide bonds. The second kappa shape index (κ2) is 14.8. The average Bonchev–Trinajstić information content (AvgIpc) is 3.61. The van der Waals surface area contributed by atoms with Crippen LogP contribution in [-0.4, -0.2) is 90.8 Å². The highest BCUT2D eigenvalue weighted by Crippen LogP contribution is 2.60. The zero-order valence-corrected chi connectivity index (χ0v) is 33.2. The molecule has 0 aromatic heterocycles. The van der Waals surface area contributed by atoms with Gasteiger partial charge < -0.3 is 24.4 Å². The smallest absolute Gasteiger partial charge is 0.301 e. The van der Waals surface area contributed by atoms with Crippen molar-refractivity contribution in [2.45, 2.75) is 18.8 Å². The number of nitro groups is 4. The molecule has 318 valence electrons. The number of nitro benzene ring substituents is 4. The summed E-state index contributed by atoms with van der Waals surface area (Å²) < 4.78 is 10.8. The Morgan fingerprint density at radius 3 is 1.38 bits per heavy atom. The van der Waals surface area contributed by atoms with E-state index in [1.165, 1.54) is 54.5 Å². The lowest BCUT2D eigenvalue weighted by Gasteiger charge is -2.44. The maximum Gasteiger partial charge on any atom is 0.301 e. The van der Waals surface area contributed by atoms with Crippen LogP contribution in [0.15, 0.2) is 48.0 Å². The van der Waals surface area contributed by atoms with Gasteiger partial charge in [-0.05, 0) is 36.5 Å². The van der Waals surface area contributed by atoms with E-state index in [2.05, 4.69) is 0 Å². The SMILES string of the molecule is COc1cc([C@H]2C3=CC[C@@H]4C(=O)N(c5cc([N+](=O)[O-])c(N(C)C)c([N+](=O)[O-])c5)C(=O)[C@@H]4[C@@H]3C[C@H]3C(=O)N(c4cc([N+](=O)[O-])c(N(C)C)c([N+](=O)[O-])c4)C(=O)[C@@H]23)cc(OC)c1O. The Kier molecular flexibility index (Phi) is 10.1. The minimum absolute atomic E-state index is 0.0934. The van der Waals surface area contributed by atoms with E-state index in [1.807, 2.05) is 0 Å². The van der Waals surface area contributed by atoms with Gasteiger partial charge >= 0.3 is 22.7 Å². The van der Waals surface area contributed by atoms with E-state index in [4.69, 9.17) is 9.47 Å². The number of amides is 4. The van der Waals surface area contributed by atoms with E-state index in [0.29, 0.717) is 15.4 Å². The van der Waals surface area contributed by atoms with Crippen molar-refractivity contribution in [2.75, 3.05) is 62.0 Å². The third-order valence-corrected chi connectivity index (χ3v) is 11.8. The Balaban J connectivity index is 1.40. The van der Waals surface area contributed by atoms with Crippen molar-refractivity contribution in [3.05, 3.63) is 94.1 Å². The number of aromatic hydroxyl groups is 1. The van der Waals surface area contributed by atoms with Crippen LogP contribution in [0.5, 0.6) is 17.2 Å². The molecule has 3 fully saturated rings. The molecule has 0 radical (unpaired) electrons. The Morgan fingerprint density at radius 1 is 0.607 bits per heavy atom. The predicted molar refractivity (Wildman–Crippen MR) is 212 cm³/mol. The number of hydrogen-bond donors (Lipinski definition) is 1. The van der Waals surface area contributed by atoms with Crippen molar-refractivity contribution in [3.63, 3.8) is 0 Å². The lowest BCUT2D eigenvalue weighted by Crippen LogP contribution is -2.43. The number of carbonyl (C=O) groups is 4. The Labute approximate surface area is 343 Å². The number of fused-ring (bicyclic) bond motifs is 4. The number of anilines is 4. The van der Waals surface area contributed by atoms with Crippen molar-refractivity contribution in [1.82, 2.24) is 0 Å². The molecule has 6 atom stereocenters. The summed E-state index contributed by atoms with van der Waals surface area (Å²) in [5, 5.41) is 59.7. The fraction of sp³-hybridized carbons (Fsp3) is 0.368. The van der Waals surface area contributed by atoms with Crippen molar-refractivity contribution < 1.29 is 53.5 Å². The minimum Gasteiger partial charge on any atom is -0.502 e. The molecule has 2 aliphatic heterocycles. The topological polar surface area (TPSA) is 292 Å². The van der Waals surface area contributed by atoms with E-state index >= 15 is 0 Å². The van der Waals surface area contributed by atoms with Crippen LogP contribution in [0.25, 0.3) is 0 Å². The quantitative estimate of drug-likeness (QED) is 0.122. The van der Waals surface area contributed by atoms with Crippen molar-refractivity contribution >= 4 is 69.1 Å². The van der Waals surface area contributed by atoms with E-state index < -0.39 is 119 Å². The Bertz CT molecular complexity index is 2460. The standard InChI is InChI=1S/C38H36N8O15/c1-39(2)32-23(43(52)53)11-17(12-24(32)44(54)55)41-35(48)20-8-7-19-21(30(20)37(41)50)15-22-31(29(19)16-9-27(60-5)34(47)28(10-16)61-6)38(51)42(36(22)49)18-13-25(45(56)57)33(40(3)4)26(14-18)46(58)59/h7,9-14,20-22,29-31,47H,8,15H2,1-6H3/t20-,21+,22+,29-,30-,31+/m0/s1. The number of allylic oxidation sites excluding steroid dienone is 2. The summed E-state index contributed by atoms with van der Waals surface area (Å²) in [7, 11) is 7.92. The highest BCUT2D eigenvalue weighted by molar-refractivity contribution is 6.24. The fourth-order valence-electron chi connectivity index (χ4n) is 9.48. The third-order valence-electron chi connectivity index (χ3n) is 11.8. The summed E-state index contributed by atoms with van der Waals surface area (Å²) in [5.74, 6) is -11.1. The monoisotopic (exact) mass is 844 g/mol. The highest BCUT2D eigenvalue weighted by atomic mass is 16.6. The summed E-state index contributed by atoms with van der Waals surface area (Å²) >= 11 is 0. The molecule has 0 bridgehead atoms. The van der Waals surface area contributed by atoms with Gasteiger partial charge in [0.2, 0.25) is 29.4 Å². The first-order valence-electron chi connectivity index (χ1n) is 18.4. The highest BCUT2D eigenvalue weighted by Gasteiger charge is 2.63.